The van der Waals surface area contributed by atoms with Crippen molar-refractivity contribution in [2.24, 2.45) is 0 Å². The molecule has 1 saturated heterocycles. The molecule has 1 rings (SSSR count). The number of hydrogen-bond donors (Lipinski definition) is 1. The van der Waals surface area contributed by atoms with Gasteiger partial charge in [0.1, 0.15) is 0 Å². The molecule has 0 saturated carbocycles. The molecule has 5 nitrogen and oxygen atoms in total. The lowest BCUT2D eigenvalue weighted by Crippen LogP contribution is -2.41. The lowest BCUT2D eigenvalue weighted by Gasteiger charge is -2.28. The van der Waals surface area contributed by atoms with E-state index in [0.717, 1.165) is 6.42 Å². The van der Waals surface area contributed by atoms with E-state index in [1.54, 1.807) is 11.9 Å². The quantitative estimate of drug-likeness (QED) is 0.773. The van der Waals surface area contributed by atoms with E-state index in [0.29, 0.717) is 13.0 Å². The Bertz CT molecular complexity index is 280. The molecule has 1 aliphatic heterocycles. The molecule has 2 amide bonds. The first-order chi connectivity index (χ1) is 7.47. The topological polar surface area (TPSA) is 60.9 Å². The lowest BCUT2D eigenvalue weighted by atomic mass is 10.1. The molecule has 0 radical (unpaired) electrons. The predicted molar refractivity (Wildman–Crippen MR) is 60.3 cm³/mol. The molecule has 1 heterocycles. The molecule has 1 N–H and O–H groups in total. The average molecular weight is 228 g/mol. The smallest absolute Gasteiger partial charge is 0.320 e. The van der Waals surface area contributed by atoms with Crippen LogP contribution in [0.2, 0.25) is 0 Å². The van der Waals surface area contributed by atoms with Crippen molar-refractivity contribution < 1.29 is 14.7 Å². The summed E-state index contributed by atoms with van der Waals surface area (Å²) >= 11 is 0. The van der Waals surface area contributed by atoms with Gasteiger partial charge in [-0.2, -0.15) is 0 Å². The number of carbonyl (C=O) groups excluding carboxylic acids is 1. The Hall–Kier alpha value is -1.26. The minimum atomic E-state index is -0.800. The van der Waals surface area contributed by atoms with Gasteiger partial charge in [-0.3, -0.25) is 4.79 Å². The van der Waals surface area contributed by atoms with Crippen molar-refractivity contribution in [2.45, 2.75) is 45.2 Å². The van der Waals surface area contributed by atoms with Crippen molar-refractivity contribution in [1.82, 2.24) is 9.80 Å². The second-order valence-corrected chi connectivity index (χ2v) is 4.41. The van der Waals surface area contributed by atoms with Crippen LogP contribution in [-0.2, 0) is 4.79 Å². The molecule has 2 unspecified atom stereocenters. The molecule has 2 atom stereocenters. The van der Waals surface area contributed by atoms with Crippen molar-refractivity contribution in [1.29, 1.82) is 0 Å². The highest BCUT2D eigenvalue weighted by atomic mass is 16.4. The van der Waals surface area contributed by atoms with Gasteiger partial charge < -0.3 is 14.9 Å². The van der Waals surface area contributed by atoms with Crippen molar-refractivity contribution in [2.75, 3.05) is 13.6 Å². The number of amides is 2. The van der Waals surface area contributed by atoms with Gasteiger partial charge in [-0.15, -0.1) is 0 Å². The number of carboxylic acids is 1. The zero-order chi connectivity index (χ0) is 12.3. The van der Waals surface area contributed by atoms with Crippen LogP contribution in [0.1, 0.15) is 33.1 Å². The summed E-state index contributed by atoms with van der Waals surface area (Å²) in [5, 5.41) is 8.67. The van der Waals surface area contributed by atoms with Crippen molar-refractivity contribution in [3.8, 4) is 0 Å². The Morgan fingerprint density at radius 3 is 2.75 bits per heavy atom. The maximum atomic E-state index is 11.9. The Morgan fingerprint density at radius 1 is 1.62 bits per heavy atom. The van der Waals surface area contributed by atoms with Gasteiger partial charge in [0.2, 0.25) is 0 Å². The maximum absolute atomic E-state index is 11.9. The first-order valence-corrected chi connectivity index (χ1v) is 5.72. The summed E-state index contributed by atoms with van der Waals surface area (Å²) in [5.41, 5.74) is 0. The molecule has 0 aliphatic carbocycles. The third kappa shape index (κ3) is 2.65. The Labute approximate surface area is 96.0 Å². The first-order valence-electron chi connectivity index (χ1n) is 5.72. The largest absolute Gasteiger partial charge is 0.481 e. The second kappa shape index (κ2) is 5.18. The summed E-state index contributed by atoms with van der Waals surface area (Å²) in [7, 11) is 1.76. The molecule has 1 aliphatic rings. The number of hydrogen-bond acceptors (Lipinski definition) is 2. The third-order valence-electron chi connectivity index (χ3n) is 3.18. The van der Waals surface area contributed by atoms with Crippen LogP contribution in [0.3, 0.4) is 0 Å². The Balaban J connectivity index is 2.66. The predicted octanol–water partition coefficient (Wildman–Crippen LogP) is 1.39. The van der Waals surface area contributed by atoms with Crippen LogP contribution in [0, 0.1) is 0 Å². The molecule has 0 aromatic rings. The number of nitrogens with zero attached hydrogens (tertiary/aromatic N) is 2. The van der Waals surface area contributed by atoms with Gasteiger partial charge in [0.05, 0.1) is 6.04 Å². The summed E-state index contributed by atoms with van der Waals surface area (Å²) in [6, 6.07) is 0.240. The van der Waals surface area contributed by atoms with E-state index >= 15 is 0 Å². The van der Waals surface area contributed by atoms with E-state index < -0.39 is 5.97 Å². The summed E-state index contributed by atoms with van der Waals surface area (Å²) in [5.74, 6) is -0.800. The van der Waals surface area contributed by atoms with Gasteiger partial charge >= 0.3 is 12.0 Å². The van der Waals surface area contributed by atoms with Gasteiger partial charge in [-0.1, -0.05) is 6.92 Å². The normalized spacial score (nSPS) is 22.7. The zero-order valence-electron chi connectivity index (χ0n) is 10.1. The monoisotopic (exact) mass is 228 g/mol. The van der Waals surface area contributed by atoms with E-state index in [9.17, 15) is 9.59 Å². The number of carboxylic acid groups (broad SMARTS) is 1. The van der Waals surface area contributed by atoms with Gasteiger partial charge in [-0.25, -0.2) is 4.79 Å². The van der Waals surface area contributed by atoms with Gasteiger partial charge in [0.15, 0.2) is 0 Å². The number of carbonyl (C=O) groups is 2. The molecule has 16 heavy (non-hydrogen) atoms. The molecule has 0 aromatic carbocycles. The molecule has 1 fully saturated rings. The van der Waals surface area contributed by atoms with Gasteiger partial charge in [0, 0.05) is 26.1 Å². The van der Waals surface area contributed by atoms with E-state index in [4.69, 9.17) is 5.11 Å². The van der Waals surface area contributed by atoms with E-state index in [1.165, 1.54) is 0 Å². The van der Waals surface area contributed by atoms with Crippen LogP contribution in [0.5, 0.6) is 0 Å². The van der Waals surface area contributed by atoms with Crippen molar-refractivity contribution in [3.05, 3.63) is 0 Å². The first kappa shape index (κ1) is 12.8. The standard InChI is InChI=1S/C11H20N2O3/c1-4-8(2)13-9(5-6-10(14)15)7-12(3)11(13)16/h8-9H,4-7H2,1-3H3,(H,14,15). The fourth-order valence-electron chi connectivity index (χ4n) is 2.10. The van der Waals surface area contributed by atoms with Gasteiger partial charge in [-0.05, 0) is 19.8 Å². The van der Waals surface area contributed by atoms with E-state index in [-0.39, 0.29) is 24.5 Å². The van der Waals surface area contributed by atoms with E-state index in [1.807, 2.05) is 18.7 Å². The zero-order valence-corrected chi connectivity index (χ0v) is 10.1. The molecule has 5 heteroatoms. The molecular formula is C11H20N2O3. The third-order valence-corrected chi connectivity index (χ3v) is 3.18. The van der Waals surface area contributed by atoms with Gasteiger partial charge in [0.25, 0.3) is 0 Å². The van der Waals surface area contributed by atoms with Crippen LogP contribution in [-0.4, -0.2) is 52.6 Å². The highest BCUT2D eigenvalue weighted by molar-refractivity contribution is 5.77. The van der Waals surface area contributed by atoms with Crippen molar-refractivity contribution in [3.63, 3.8) is 0 Å². The molecule has 0 bridgehead atoms. The highest BCUT2D eigenvalue weighted by Crippen LogP contribution is 2.22. The van der Waals surface area contributed by atoms with Crippen LogP contribution < -0.4 is 0 Å². The Kier molecular flexibility index (Phi) is 4.15. The van der Waals surface area contributed by atoms with Crippen LogP contribution >= 0.6 is 0 Å². The number of likely N-dealkylation sites (N-methyl/N-ethyl adjacent to an activating group) is 1. The molecular weight excluding hydrogens is 208 g/mol. The van der Waals surface area contributed by atoms with E-state index in [2.05, 4.69) is 0 Å². The lowest BCUT2D eigenvalue weighted by molar-refractivity contribution is -0.137. The number of rotatable bonds is 5. The van der Waals surface area contributed by atoms with Crippen LogP contribution in [0.25, 0.3) is 0 Å². The highest BCUT2D eigenvalue weighted by Gasteiger charge is 2.37. The number of urea groups is 1. The summed E-state index contributed by atoms with van der Waals surface area (Å²) in [6.07, 6.45) is 1.55. The fourth-order valence-corrected chi connectivity index (χ4v) is 2.10. The SMILES string of the molecule is CCC(C)N1C(=O)N(C)CC1CCC(=O)O. The minimum Gasteiger partial charge on any atom is -0.481 e. The summed E-state index contributed by atoms with van der Waals surface area (Å²) < 4.78 is 0. The minimum absolute atomic E-state index is 0.0183. The molecule has 0 aromatic heterocycles. The van der Waals surface area contributed by atoms with Crippen LogP contribution in [0.15, 0.2) is 0 Å². The number of aliphatic carboxylic acids is 1. The fraction of sp³-hybridized carbons (Fsp3) is 0.818. The molecule has 92 valence electrons. The summed E-state index contributed by atoms with van der Waals surface area (Å²) in [4.78, 5) is 25.9. The van der Waals surface area contributed by atoms with Crippen molar-refractivity contribution >= 4 is 12.0 Å². The summed E-state index contributed by atoms with van der Waals surface area (Å²) in [6.45, 7) is 4.67. The Morgan fingerprint density at radius 2 is 2.25 bits per heavy atom. The van der Waals surface area contributed by atoms with Crippen LogP contribution in [0.4, 0.5) is 4.79 Å². The average Bonchev–Trinajstić information content (AvgIpc) is 2.51. The maximum Gasteiger partial charge on any atom is 0.320 e. The molecule has 0 spiro atoms. The second-order valence-electron chi connectivity index (χ2n) is 4.41.